The van der Waals surface area contributed by atoms with Gasteiger partial charge in [-0.25, -0.2) is 8.42 Å². The van der Waals surface area contributed by atoms with E-state index in [1.54, 1.807) is 10.4 Å². The number of carbonyl (C=O) groups is 1. The van der Waals surface area contributed by atoms with E-state index in [1.807, 2.05) is 24.8 Å². The number of likely N-dealkylation sites (tertiary alicyclic amines) is 1. The van der Waals surface area contributed by atoms with Gasteiger partial charge in [0, 0.05) is 31.7 Å². The number of benzene rings is 1. The molecule has 0 aromatic heterocycles. The molecule has 3 rings (SSSR count). The van der Waals surface area contributed by atoms with E-state index in [9.17, 15) is 13.2 Å². The van der Waals surface area contributed by atoms with E-state index >= 15 is 0 Å². The molecule has 0 N–H and O–H groups in total. The maximum absolute atomic E-state index is 13.3. The van der Waals surface area contributed by atoms with E-state index in [0.29, 0.717) is 29.5 Å². The van der Waals surface area contributed by atoms with Gasteiger partial charge >= 0.3 is 0 Å². The van der Waals surface area contributed by atoms with Crippen LogP contribution in [-0.2, 0) is 10.0 Å². The molecule has 0 atom stereocenters. The fourth-order valence-corrected chi connectivity index (χ4v) is 6.01. The van der Waals surface area contributed by atoms with Gasteiger partial charge in [0.25, 0.3) is 5.91 Å². The normalized spacial score (nSPS) is 20.6. The first-order valence-corrected chi connectivity index (χ1v) is 12.2. The molecular formula is C22H34N2O3S. The van der Waals surface area contributed by atoms with Crippen molar-refractivity contribution < 1.29 is 13.2 Å². The lowest BCUT2D eigenvalue weighted by Gasteiger charge is -2.30. The Morgan fingerprint density at radius 2 is 1.50 bits per heavy atom. The third-order valence-corrected chi connectivity index (χ3v) is 8.40. The van der Waals surface area contributed by atoms with Gasteiger partial charge in [0.2, 0.25) is 10.0 Å². The first kappa shape index (κ1) is 21.3. The molecule has 0 bridgehead atoms. The van der Waals surface area contributed by atoms with Crippen molar-refractivity contribution in [3.8, 4) is 0 Å². The molecule has 2 aliphatic rings. The zero-order chi connectivity index (χ0) is 20.3. The number of sulfonamides is 1. The molecule has 0 spiro atoms. The average Bonchev–Trinajstić information content (AvgIpc) is 2.63. The van der Waals surface area contributed by atoms with Crippen molar-refractivity contribution in [3.05, 3.63) is 28.8 Å². The highest BCUT2D eigenvalue weighted by atomic mass is 32.2. The van der Waals surface area contributed by atoms with Gasteiger partial charge in [0.1, 0.15) is 0 Å². The molecule has 0 unspecified atom stereocenters. The number of aryl methyl sites for hydroxylation is 1. The molecule has 5 nitrogen and oxygen atoms in total. The van der Waals surface area contributed by atoms with Crippen molar-refractivity contribution in [2.45, 2.75) is 70.6 Å². The molecule has 2 aliphatic heterocycles. The van der Waals surface area contributed by atoms with Gasteiger partial charge in [0.05, 0.1) is 4.90 Å². The predicted molar refractivity (Wildman–Crippen MR) is 112 cm³/mol. The number of amides is 1. The molecule has 2 saturated heterocycles. The Labute approximate surface area is 170 Å². The Morgan fingerprint density at radius 1 is 0.929 bits per heavy atom. The second-order valence-corrected chi connectivity index (χ2v) is 10.5. The first-order valence-electron chi connectivity index (χ1n) is 10.7. The summed E-state index contributed by atoms with van der Waals surface area (Å²) in [6.07, 6.45) is 7.38. The maximum atomic E-state index is 13.3. The van der Waals surface area contributed by atoms with Crippen LogP contribution in [0.4, 0.5) is 0 Å². The molecule has 2 fully saturated rings. The number of rotatable bonds is 3. The summed E-state index contributed by atoms with van der Waals surface area (Å²) in [6.45, 7) is 8.56. The Bertz CT molecular complexity index is 803. The van der Waals surface area contributed by atoms with Crippen molar-refractivity contribution in [1.29, 1.82) is 0 Å². The van der Waals surface area contributed by atoms with Crippen LogP contribution in [0.15, 0.2) is 17.0 Å². The summed E-state index contributed by atoms with van der Waals surface area (Å²) in [4.78, 5) is 15.4. The van der Waals surface area contributed by atoms with Gasteiger partial charge in [-0.1, -0.05) is 26.2 Å². The molecule has 0 saturated carbocycles. The van der Waals surface area contributed by atoms with Crippen molar-refractivity contribution in [2.75, 3.05) is 26.2 Å². The highest BCUT2D eigenvalue weighted by Gasteiger charge is 2.31. The quantitative estimate of drug-likeness (QED) is 0.758. The number of piperidine rings is 1. The van der Waals surface area contributed by atoms with E-state index in [-0.39, 0.29) is 5.91 Å². The fourth-order valence-electron chi connectivity index (χ4n) is 4.22. The van der Waals surface area contributed by atoms with E-state index in [1.165, 1.54) is 6.42 Å². The third-order valence-electron chi connectivity index (χ3n) is 6.37. The molecular weight excluding hydrogens is 372 g/mol. The number of nitrogens with zero attached hydrogens (tertiary/aromatic N) is 2. The van der Waals surface area contributed by atoms with Crippen LogP contribution in [0.2, 0.25) is 0 Å². The molecule has 2 heterocycles. The minimum Gasteiger partial charge on any atom is -0.339 e. The van der Waals surface area contributed by atoms with Crippen LogP contribution in [0.3, 0.4) is 0 Å². The smallest absolute Gasteiger partial charge is 0.253 e. The topological polar surface area (TPSA) is 57.7 Å². The molecule has 156 valence electrons. The summed E-state index contributed by atoms with van der Waals surface area (Å²) >= 11 is 0. The highest BCUT2D eigenvalue weighted by Crippen LogP contribution is 2.28. The van der Waals surface area contributed by atoms with Crippen LogP contribution in [0, 0.1) is 19.8 Å². The SMILES string of the molecule is Cc1cc(C(=O)N2CCCCCCC2)cc(S(=O)(=O)N2CCC(C)CC2)c1C. The molecule has 1 aromatic rings. The van der Waals surface area contributed by atoms with Crippen molar-refractivity contribution in [1.82, 2.24) is 9.21 Å². The minimum atomic E-state index is -3.58. The van der Waals surface area contributed by atoms with Crippen LogP contribution in [-0.4, -0.2) is 49.7 Å². The van der Waals surface area contributed by atoms with Gasteiger partial charge < -0.3 is 4.90 Å². The summed E-state index contributed by atoms with van der Waals surface area (Å²) in [5, 5.41) is 0. The van der Waals surface area contributed by atoms with Gasteiger partial charge in [-0.3, -0.25) is 4.79 Å². The second kappa shape index (κ2) is 8.95. The second-order valence-electron chi connectivity index (χ2n) is 8.56. The maximum Gasteiger partial charge on any atom is 0.253 e. The Kier molecular flexibility index (Phi) is 6.81. The van der Waals surface area contributed by atoms with E-state index in [2.05, 4.69) is 6.92 Å². The summed E-state index contributed by atoms with van der Waals surface area (Å²) in [6, 6.07) is 3.48. The number of hydrogen-bond acceptors (Lipinski definition) is 3. The minimum absolute atomic E-state index is 0.0336. The van der Waals surface area contributed by atoms with Gasteiger partial charge in [0.15, 0.2) is 0 Å². The molecule has 1 aromatic carbocycles. The van der Waals surface area contributed by atoms with Crippen LogP contribution < -0.4 is 0 Å². The number of carbonyl (C=O) groups excluding carboxylic acids is 1. The van der Waals surface area contributed by atoms with Crippen LogP contribution in [0.1, 0.15) is 73.4 Å². The molecule has 1 amide bonds. The van der Waals surface area contributed by atoms with E-state index in [4.69, 9.17) is 0 Å². The van der Waals surface area contributed by atoms with Crippen molar-refractivity contribution in [3.63, 3.8) is 0 Å². The molecule has 0 aliphatic carbocycles. The monoisotopic (exact) mass is 406 g/mol. The Balaban J connectivity index is 1.90. The average molecular weight is 407 g/mol. The lowest BCUT2D eigenvalue weighted by atomic mass is 10.0. The van der Waals surface area contributed by atoms with Gasteiger partial charge in [-0.15, -0.1) is 0 Å². The van der Waals surface area contributed by atoms with Gasteiger partial charge in [-0.2, -0.15) is 4.31 Å². The summed E-state index contributed by atoms with van der Waals surface area (Å²) in [7, 11) is -3.58. The van der Waals surface area contributed by atoms with Crippen LogP contribution in [0.25, 0.3) is 0 Å². The van der Waals surface area contributed by atoms with Crippen molar-refractivity contribution in [2.24, 2.45) is 5.92 Å². The lowest BCUT2D eigenvalue weighted by Crippen LogP contribution is -2.38. The van der Waals surface area contributed by atoms with Gasteiger partial charge in [-0.05, 0) is 68.7 Å². The predicted octanol–water partition coefficient (Wildman–Crippen LogP) is 4.13. The standard InChI is InChI=1S/C22H34N2O3S/c1-17-9-13-24(14-10-17)28(26,27)21-16-20(15-18(2)19(21)3)22(25)23-11-7-5-4-6-8-12-23/h15-17H,4-14H2,1-3H3. The Hall–Kier alpha value is -1.40. The zero-order valence-electron chi connectivity index (χ0n) is 17.5. The van der Waals surface area contributed by atoms with Crippen molar-refractivity contribution >= 4 is 15.9 Å². The number of hydrogen-bond donors (Lipinski definition) is 0. The van der Waals surface area contributed by atoms with E-state index in [0.717, 1.165) is 62.7 Å². The fraction of sp³-hybridized carbons (Fsp3) is 0.682. The van der Waals surface area contributed by atoms with Crippen LogP contribution in [0.5, 0.6) is 0 Å². The molecule has 28 heavy (non-hydrogen) atoms. The summed E-state index contributed by atoms with van der Waals surface area (Å²) < 4.78 is 28.2. The largest absolute Gasteiger partial charge is 0.339 e. The third kappa shape index (κ3) is 4.60. The summed E-state index contributed by atoms with van der Waals surface area (Å²) in [5.41, 5.74) is 2.12. The molecule has 6 heteroatoms. The summed E-state index contributed by atoms with van der Waals surface area (Å²) in [5.74, 6) is 0.531. The first-order chi connectivity index (χ1) is 13.3. The lowest BCUT2D eigenvalue weighted by molar-refractivity contribution is 0.0742. The molecule has 0 radical (unpaired) electrons. The zero-order valence-corrected chi connectivity index (χ0v) is 18.4. The van der Waals surface area contributed by atoms with Crippen LogP contribution >= 0.6 is 0 Å². The highest BCUT2D eigenvalue weighted by molar-refractivity contribution is 7.89. The van der Waals surface area contributed by atoms with E-state index < -0.39 is 10.0 Å². The Morgan fingerprint density at radius 3 is 2.11 bits per heavy atom.